The number of hydrogen-bond acceptors (Lipinski definition) is 6. The molecule has 1 amide bonds. The lowest BCUT2D eigenvalue weighted by Gasteiger charge is -2.35. The Kier molecular flexibility index (Phi) is 4.01. The van der Waals surface area contributed by atoms with Crippen LogP contribution in [0.25, 0.3) is 0 Å². The topological polar surface area (TPSA) is 93.8 Å². The maximum Gasteiger partial charge on any atom is 0.231 e. The van der Waals surface area contributed by atoms with Crippen LogP contribution < -0.4 is 11.1 Å². The van der Waals surface area contributed by atoms with Gasteiger partial charge in [0, 0.05) is 18.0 Å². The summed E-state index contributed by atoms with van der Waals surface area (Å²) in [5.74, 6) is -0.0316. The number of nitrogens with two attached hydrogens (primary N) is 1. The van der Waals surface area contributed by atoms with Gasteiger partial charge in [0.2, 0.25) is 11.0 Å². The molecule has 0 spiro atoms. The van der Waals surface area contributed by atoms with Gasteiger partial charge in [-0.2, -0.15) is 0 Å². The van der Waals surface area contributed by atoms with Crippen LogP contribution in [0.3, 0.4) is 0 Å². The Labute approximate surface area is 104 Å². The van der Waals surface area contributed by atoms with Crippen molar-refractivity contribution in [3.63, 3.8) is 0 Å². The molecule has 1 aliphatic carbocycles. The molecular formula is C10H17N5OS. The lowest BCUT2D eigenvalue weighted by molar-refractivity contribution is -0.118. The van der Waals surface area contributed by atoms with Gasteiger partial charge < -0.3 is 5.73 Å². The minimum atomic E-state index is -0.0316. The average Bonchev–Trinajstić information content (AvgIpc) is 2.83. The third kappa shape index (κ3) is 3.19. The van der Waals surface area contributed by atoms with E-state index in [1.54, 1.807) is 0 Å². The Morgan fingerprint density at radius 2 is 2.18 bits per heavy atom. The summed E-state index contributed by atoms with van der Waals surface area (Å²) in [7, 11) is 0. The van der Waals surface area contributed by atoms with E-state index in [1.165, 1.54) is 19.3 Å². The number of hydrogen-bond donors (Lipinski definition) is 2. The Hall–Kier alpha value is -1.08. The van der Waals surface area contributed by atoms with E-state index in [0.717, 1.165) is 24.4 Å². The smallest absolute Gasteiger partial charge is 0.231 e. The molecule has 0 bridgehead atoms. The lowest BCUT2D eigenvalue weighted by Crippen LogP contribution is -2.36. The second kappa shape index (κ2) is 5.50. The van der Waals surface area contributed by atoms with Gasteiger partial charge >= 0.3 is 0 Å². The molecule has 1 heterocycles. The van der Waals surface area contributed by atoms with Crippen molar-refractivity contribution >= 4 is 22.6 Å². The van der Waals surface area contributed by atoms with Crippen LogP contribution >= 0.6 is 11.5 Å². The van der Waals surface area contributed by atoms with E-state index in [2.05, 4.69) is 20.1 Å². The molecule has 0 aromatic carbocycles. The number of amides is 1. The average molecular weight is 255 g/mol. The van der Waals surface area contributed by atoms with Gasteiger partial charge in [-0.1, -0.05) is 28.8 Å². The van der Waals surface area contributed by atoms with E-state index >= 15 is 0 Å². The molecule has 1 fully saturated rings. The highest BCUT2D eigenvalue weighted by atomic mass is 32.1. The molecule has 0 saturated heterocycles. The summed E-state index contributed by atoms with van der Waals surface area (Å²) in [6.45, 7) is 0.578. The van der Waals surface area contributed by atoms with Crippen LogP contribution in [0.15, 0.2) is 0 Å². The molecule has 2 rings (SSSR count). The van der Waals surface area contributed by atoms with E-state index < -0.39 is 0 Å². The van der Waals surface area contributed by atoms with Crippen LogP contribution in [0.4, 0.5) is 5.13 Å². The standard InChI is InChI=1S/C10H17N5OS/c11-7-10(4-2-1-3-5-10)6-8(16)12-9-13-14-15-17-9/h1-7,11H2,(H,12,13,15,16). The Bertz CT molecular complexity index is 361. The first-order valence-corrected chi connectivity index (χ1v) is 6.66. The van der Waals surface area contributed by atoms with Crippen LogP contribution in [0.5, 0.6) is 0 Å². The highest BCUT2D eigenvalue weighted by molar-refractivity contribution is 7.09. The summed E-state index contributed by atoms with van der Waals surface area (Å²) in [5.41, 5.74) is 5.83. The summed E-state index contributed by atoms with van der Waals surface area (Å²) >= 11 is 1.08. The van der Waals surface area contributed by atoms with Crippen LogP contribution in [-0.2, 0) is 4.79 Å². The normalized spacial score (nSPS) is 18.9. The number of nitrogens with one attached hydrogen (secondary N) is 1. The summed E-state index contributed by atoms with van der Waals surface area (Å²) in [4.78, 5) is 11.9. The van der Waals surface area contributed by atoms with E-state index in [9.17, 15) is 4.79 Å². The molecule has 0 unspecified atom stereocenters. The van der Waals surface area contributed by atoms with Gasteiger partial charge in [0.1, 0.15) is 0 Å². The summed E-state index contributed by atoms with van der Waals surface area (Å²) in [6, 6.07) is 0. The number of carbonyl (C=O) groups excluding carboxylic acids is 1. The van der Waals surface area contributed by atoms with Crippen molar-refractivity contribution in [3.05, 3.63) is 0 Å². The number of anilines is 1. The molecule has 17 heavy (non-hydrogen) atoms. The number of rotatable bonds is 4. The number of aromatic nitrogens is 3. The van der Waals surface area contributed by atoms with E-state index in [-0.39, 0.29) is 11.3 Å². The number of carbonyl (C=O) groups is 1. The minimum absolute atomic E-state index is 0.0134. The SMILES string of the molecule is NCC1(CC(=O)Nc2nnns2)CCCCC1. The Balaban J connectivity index is 1.91. The first-order chi connectivity index (χ1) is 8.24. The van der Waals surface area contributed by atoms with Crippen LogP contribution in [-0.4, -0.2) is 27.3 Å². The highest BCUT2D eigenvalue weighted by Gasteiger charge is 2.33. The van der Waals surface area contributed by atoms with Gasteiger partial charge in [-0.05, 0) is 30.0 Å². The monoisotopic (exact) mass is 255 g/mol. The van der Waals surface area contributed by atoms with Crippen molar-refractivity contribution in [2.45, 2.75) is 38.5 Å². The Morgan fingerprint density at radius 1 is 1.41 bits per heavy atom. The fraction of sp³-hybridized carbons (Fsp3) is 0.800. The van der Waals surface area contributed by atoms with Gasteiger partial charge in [-0.3, -0.25) is 10.1 Å². The molecule has 0 atom stereocenters. The quantitative estimate of drug-likeness (QED) is 0.842. The molecule has 6 nitrogen and oxygen atoms in total. The number of nitrogens with zero attached hydrogens (tertiary/aromatic N) is 3. The van der Waals surface area contributed by atoms with E-state index in [4.69, 9.17) is 5.73 Å². The van der Waals surface area contributed by atoms with Crippen molar-refractivity contribution in [2.75, 3.05) is 11.9 Å². The zero-order valence-electron chi connectivity index (χ0n) is 9.69. The van der Waals surface area contributed by atoms with Crippen molar-refractivity contribution in [3.8, 4) is 0 Å². The van der Waals surface area contributed by atoms with Gasteiger partial charge in [-0.15, -0.1) is 0 Å². The van der Waals surface area contributed by atoms with Gasteiger partial charge in [0.15, 0.2) is 0 Å². The fourth-order valence-electron chi connectivity index (χ4n) is 2.44. The third-order valence-electron chi connectivity index (χ3n) is 3.43. The zero-order valence-corrected chi connectivity index (χ0v) is 10.5. The largest absolute Gasteiger partial charge is 0.330 e. The lowest BCUT2D eigenvalue weighted by atomic mass is 9.72. The van der Waals surface area contributed by atoms with Crippen LogP contribution in [0, 0.1) is 5.41 Å². The maximum absolute atomic E-state index is 11.9. The summed E-state index contributed by atoms with van der Waals surface area (Å²) < 4.78 is 3.60. The van der Waals surface area contributed by atoms with Crippen LogP contribution in [0.2, 0.25) is 0 Å². The zero-order chi connectivity index (χ0) is 12.1. The second-order valence-electron chi connectivity index (χ2n) is 4.66. The second-order valence-corrected chi connectivity index (χ2v) is 5.39. The van der Waals surface area contributed by atoms with Crippen molar-refractivity contribution < 1.29 is 4.79 Å². The Morgan fingerprint density at radius 3 is 2.76 bits per heavy atom. The van der Waals surface area contributed by atoms with Crippen molar-refractivity contribution in [1.82, 2.24) is 14.8 Å². The third-order valence-corrected chi connectivity index (χ3v) is 3.94. The van der Waals surface area contributed by atoms with E-state index in [1.807, 2.05) is 0 Å². The molecule has 1 aliphatic rings. The minimum Gasteiger partial charge on any atom is -0.330 e. The van der Waals surface area contributed by atoms with Gasteiger partial charge in [0.05, 0.1) is 0 Å². The van der Waals surface area contributed by atoms with Crippen molar-refractivity contribution in [2.24, 2.45) is 11.1 Å². The van der Waals surface area contributed by atoms with Gasteiger partial charge in [0.25, 0.3) is 0 Å². The predicted molar refractivity (Wildman–Crippen MR) is 65.5 cm³/mol. The van der Waals surface area contributed by atoms with Crippen LogP contribution in [0.1, 0.15) is 38.5 Å². The maximum atomic E-state index is 11.9. The molecular weight excluding hydrogens is 238 g/mol. The molecule has 7 heteroatoms. The van der Waals surface area contributed by atoms with E-state index in [0.29, 0.717) is 18.1 Å². The fourth-order valence-corrected chi connectivity index (χ4v) is 2.82. The molecule has 1 saturated carbocycles. The van der Waals surface area contributed by atoms with Crippen molar-refractivity contribution in [1.29, 1.82) is 0 Å². The molecule has 0 aliphatic heterocycles. The molecule has 0 radical (unpaired) electrons. The summed E-state index contributed by atoms with van der Waals surface area (Å²) in [6.07, 6.45) is 6.17. The highest BCUT2D eigenvalue weighted by Crippen LogP contribution is 2.38. The summed E-state index contributed by atoms with van der Waals surface area (Å²) in [5, 5.41) is 10.3. The molecule has 3 N–H and O–H groups in total. The molecule has 1 aromatic heterocycles. The van der Waals surface area contributed by atoms with Gasteiger partial charge in [-0.25, -0.2) is 0 Å². The molecule has 94 valence electrons. The first-order valence-electron chi connectivity index (χ1n) is 5.89. The first kappa shape index (κ1) is 12.4. The molecule has 1 aromatic rings. The predicted octanol–water partition coefficient (Wildman–Crippen LogP) is 1.17.